The molecule has 168 valence electrons. The Morgan fingerprint density at radius 3 is 2.65 bits per heavy atom. The van der Waals surface area contributed by atoms with E-state index in [1.165, 1.54) is 16.0 Å². The number of esters is 1. The second kappa shape index (κ2) is 8.97. The van der Waals surface area contributed by atoms with Crippen LogP contribution in [0, 0.1) is 0 Å². The van der Waals surface area contributed by atoms with E-state index in [4.69, 9.17) is 4.74 Å². The lowest BCUT2D eigenvalue weighted by Gasteiger charge is -2.14. The van der Waals surface area contributed by atoms with Gasteiger partial charge in [-0.15, -0.1) is 11.3 Å². The molecule has 0 spiro atoms. The van der Waals surface area contributed by atoms with Gasteiger partial charge in [-0.05, 0) is 73.9 Å². The Morgan fingerprint density at radius 1 is 1.29 bits per heavy atom. The van der Waals surface area contributed by atoms with Crippen molar-refractivity contribution in [2.75, 3.05) is 5.32 Å². The van der Waals surface area contributed by atoms with E-state index in [9.17, 15) is 18.4 Å². The summed E-state index contributed by atoms with van der Waals surface area (Å²) in [4.78, 5) is 26.7. The van der Waals surface area contributed by atoms with Gasteiger partial charge in [0.25, 0.3) is 6.43 Å². The fourth-order valence-corrected chi connectivity index (χ4v) is 6.00. The average Bonchev–Trinajstić information content (AvgIpc) is 3.37. The predicted octanol–water partition coefficient (Wildman–Crippen LogP) is 5.60. The molecule has 1 amide bonds. The molecule has 6 nitrogen and oxygen atoms in total. The van der Waals surface area contributed by atoms with Crippen molar-refractivity contribution in [2.24, 2.45) is 0 Å². The number of aromatic nitrogens is 2. The van der Waals surface area contributed by atoms with Crippen LogP contribution in [-0.4, -0.2) is 27.8 Å². The molecule has 2 aromatic heterocycles. The highest BCUT2D eigenvalue weighted by molar-refractivity contribution is 9.10. The van der Waals surface area contributed by atoms with E-state index >= 15 is 0 Å². The zero-order chi connectivity index (χ0) is 22.3. The van der Waals surface area contributed by atoms with Crippen LogP contribution in [0.25, 0.3) is 0 Å². The van der Waals surface area contributed by atoms with Crippen molar-refractivity contribution in [3.05, 3.63) is 31.9 Å². The third kappa shape index (κ3) is 4.69. The maximum Gasteiger partial charge on any atom is 0.341 e. The molecular formula is C21H24BrF2N3O3S. The first kappa shape index (κ1) is 22.4. The number of rotatable bonds is 7. The zero-order valence-electron chi connectivity index (χ0n) is 17.3. The molecule has 2 aromatic rings. The van der Waals surface area contributed by atoms with Gasteiger partial charge in [0.05, 0.1) is 21.8 Å². The summed E-state index contributed by atoms with van der Waals surface area (Å²) in [7, 11) is 0. The molecule has 0 saturated heterocycles. The molecule has 31 heavy (non-hydrogen) atoms. The molecule has 1 N–H and O–H groups in total. The van der Waals surface area contributed by atoms with Crippen molar-refractivity contribution < 1.29 is 23.1 Å². The van der Waals surface area contributed by atoms with Crippen LogP contribution in [-0.2, 0) is 28.9 Å². The zero-order valence-corrected chi connectivity index (χ0v) is 19.7. The number of amides is 1. The minimum Gasteiger partial charge on any atom is -0.459 e. The van der Waals surface area contributed by atoms with Crippen LogP contribution in [0.5, 0.6) is 0 Å². The molecule has 0 radical (unpaired) electrons. The number of nitrogens with zero attached hydrogens (tertiary/aromatic N) is 2. The lowest BCUT2D eigenvalue weighted by atomic mass is 9.95. The van der Waals surface area contributed by atoms with Crippen LogP contribution >= 0.6 is 27.3 Å². The van der Waals surface area contributed by atoms with Crippen molar-refractivity contribution in [1.82, 2.24) is 9.78 Å². The number of aryl methyl sites for hydroxylation is 1. The van der Waals surface area contributed by atoms with Gasteiger partial charge in [-0.3, -0.25) is 9.48 Å². The predicted molar refractivity (Wildman–Crippen MR) is 117 cm³/mol. The summed E-state index contributed by atoms with van der Waals surface area (Å²) in [6.45, 7) is 3.37. The van der Waals surface area contributed by atoms with Crippen molar-refractivity contribution in [2.45, 2.75) is 77.4 Å². The van der Waals surface area contributed by atoms with E-state index < -0.39 is 18.3 Å². The largest absolute Gasteiger partial charge is 0.459 e. The Labute approximate surface area is 191 Å². The van der Waals surface area contributed by atoms with Crippen molar-refractivity contribution in [1.29, 1.82) is 0 Å². The molecule has 0 unspecified atom stereocenters. The van der Waals surface area contributed by atoms with Crippen molar-refractivity contribution >= 4 is 44.1 Å². The van der Waals surface area contributed by atoms with E-state index in [0.717, 1.165) is 49.0 Å². The number of hydrogen-bond acceptors (Lipinski definition) is 5. The third-order valence-corrected chi connectivity index (χ3v) is 7.41. The highest BCUT2D eigenvalue weighted by Crippen LogP contribution is 2.45. The van der Waals surface area contributed by atoms with Gasteiger partial charge >= 0.3 is 5.97 Å². The van der Waals surface area contributed by atoms with Crippen LogP contribution in [0.2, 0.25) is 0 Å². The van der Waals surface area contributed by atoms with Gasteiger partial charge in [0, 0.05) is 10.8 Å². The number of halogens is 3. The molecule has 0 bridgehead atoms. The minimum absolute atomic E-state index is 0.132. The van der Waals surface area contributed by atoms with Crippen LogP contribution in [0.1, 0.15) is 84.1 Å². The number of hydrogen-bond donors (Lipinski definition) is 1. The van der Waals surface area contributed by atoms with Crippen LogP contribution < -0.4 is 5.32 Å². The van der Waals surface area contributed by atoms with Crippen LogP contribution in [0.4, 0.5) is 13.8 Å². The summed E-state index contributed by atoms with van der Waals surface area (Å²) in [5, 5.41) is 7.28. The van der Waals surface area contributed by atoms with Gasteiger partial charge in [0.15, 0.2) is 0 Å². The molecular weight excluding hydrogens is 492 g/mol. The standard InChI is InChI=1S/C21H24BrF2N3O3S/c1-10(2)30-21(29)15-12-5-3-4-6-13(12)31-20(15)25-14(28)9-27-18(11-7-8-11)16(22)17(26-27)19(23)24/h10-11,19H,3-9H2,1-2H3,(H,25,28). The fraction of sp³-hybridized carbons (Fsp3) is 0.571. The maximum absolute atomic E-state index is 13.3. The molecule has 1 saturated carbocycles. The topological polar surface area (TPSA) is 73.2 Å². The smallest absolute Gasteiger partial charge is 0.341 e. The number of alkyl halides is 2. The minimum atomic E-state index is -2.72. The normalized spacial score (nSPS) is 16.0. The number of carbonyl (C=O) groups is 2. The first-order chi connectivity index (χ1) is 14.8. The number of anilines is 1. The molecule has 4 rings (SSSR count). The number of ether oxygens (including phenoxy) is 1. The Balaban J connectivity index is 1.59. The lowest BCUT2D eigenvalue weighted by molar-refractivity contribution is -0.116. The van der Waals surface area contributed by atoms with Gasteiger partial charge in [0.1, 0.15) is 17.2 Å². The summed E-state index contributed by atoms with van der Waals surface area (Å²) in [5.41, 5.74) is 1.68. The second-order valence-corrected chi connectivity index (χ2v) is 10.1. The van der Waals surface area contributed by atoms with Gasteiger partial charge in [-0.1, -0.05) is 0 Å². The summed E-state index contributed by atoms with van der Waals surface area (Å²) >= 11 is 4.64. The summed E-state index contributed by atoms with van der Waals surface area (Å²) in [6, 6.07) is 0. The van der Waals surface area contributed by atoms with Gasteiger partial charge in [-0.2, -0.15) is 5.10 Å². The Morgan fingerprint density at radius 2 is 2.00 bits per heavy atom. The Kier molecular flexibility index (Phi) is 6.48. The molecule has 1 fully saturated rings. The first-order valence-corrected chi connectivity index (χ1v) is 12.1. The van der Waals surface area contributed by atoms with Crippen molar-refractivity contribution in [3.63, 3.8) is 0 Å². The molecule has 0 aliphatic heterocycles. The van der Waals surface area contributed by atoms with E-state index in [2.05, 4.69) is 26.3 Å². The monoisotopic (exact) mass is 515 g/mol. The Bertz CT molecular complexity index is 1010. The molecule has 2 heterocycles. The molecule has 10 heteroatoms. The van der Waals surface area contributed by atoms with E-state index in [1.807, 2.05) is 0 Å². The highest BCUT2D eigenvalue weighted by Gasteiger charge is 2.34. The molecule has 0 aromatic carbocycles. The maximum atomic E-state index is 13.3. The van der Waals surface area contributed by atoms with E-state index in [-0.39, 0.29) is 28.7 Å². The number of thiophene rings is 1. The van der Waals surface area contributed by atoms with E-state index in [1.54, 1.807) is 13.8 Å². The second-order valence-electron chi connectivity index (χ2n) is 8.23. The van der Waals surface area contributed by atoms with Crippen LogP contribution in [0.15, 0.2) is 4.47 Å². The SMILES string of the molecule is CC(C)OC(=O)c1c(NC(=O)Cn2nc(C(F)F)c(Br)c2C2CC2)sc2c1CCCC2. The van der Waals surface area contributed by atoms with Crippen LogP contribution in [0.3, 0.4) is 0 Å². The Hall–Kier alpha value is -1.81. The van der Waals surface area contributed by atoms with E-state index in [0.29, 0.717) is 16.3 Å². The molecule has 0 atom stereocenters. The van der Waals surface area contributed by atoms with Gasteiger partial charge < -0.3 is 10.1 Å². The number of fused-ring (bicyclic) bond motifs is 1. The quantitative estimate of drug-likeness (QED) is 0.486. The summed E-state index contributed by atoms with van der Waals surface area (Å²) in [6.07, 6.45) is 2.45. The molecule has 2 aliphatic rings. The number of nitrogens with one attached hydrogen (secondary N) is 1. The number of carbonyl (C=O) groups excluding carboxylic acids is 2. The van der Waals surface area contributed by atoms with Gasteiger partial charge in [0.2, 0.25) is 5.91 Å². The first-order valence-electron chi connectivity index (χ1n) is 10.5. The highest BCUT2D eigenvalue weighted by atomic mass is 79.9. The summed E-state index contributed by atoms with van der Waals surface area (Å²) < 4.78 is 33.7. The summed E-state index contributed by atoms with van der Waals surface area (Å²) in [5.74, 6) is -0.715. The fourth-order valence-electron chi connectivity index (χ4n) is 3.92. The molecule has 2 aliphatic carbocycles. The average molecular weight is 516 g/mol. The van der Waals surface area contributed by atoms with Crippen molar-refractivity contribution in [3.8, 4) is 0 Å². The third-order valence-electron chi connectivity index (χ3n) is 5.39. The van der Waals surface area contributed by atoms with Gasteiger partial charge in [-0.25, -0.2) is 13.6 Å². The lowest BCUT2D eigenvalue weighted by Crippen LogP contribution is -2.22.